The predicted molar refractivity (Wildman–Crippen MR) is 94.9 cm³/mol. The second-order valence-electron chi connectivity index (χ2n) is 6.36. The number of amides is 1. The molecule has 2 heterocycles. The van der Waals surface area contributed by atoms with Gasteiger partial charge in [-0.3, -0.25) is 14.5 Å². The Bertz CT molecular complexity index is 758. The van der Waals surface area contributed by atoms with E-state index < -0.39 is 5.97 Å². The van der Waals surface area contributed by atoms with Crippen LogP contribution in [0.25, 0.3) is 11.1 Å². The third-order valence-electron chi connectivity index (χ3n) is 4.29. The molecule has 1 aliphatic rings. The fourth-order valence-corrected chi connectivity index (χ4v) is 3.12. The third kappa shape index (κ3) is 4.30. The summed E-state index contributed by atoms with van der Waals surface area (Å²) in [5, 5.41) is 8.86. The number of carbonyl (C=O) groups excluding carboxylic acids is 1. The van der Waals surface area contributed by atoms with E-state index in [1.54, 1.807) is 22.9 Å². The maximum Gasteiger partial charge on any atom is 0.317 e. The van der Waals surface area contributed by atoms with E-state index in [1.807, 2.05) is 30.3 Å². The molecule has 0 bridgehead atoms. The summed E-state index contributed by atoms with van der Waals surface area (Å²) in [6.07, 6.45) is 1.29. The number of nitrogens with zero attached hydrogens (tertiary/aromatic N) is 2. The van der Waals surface area contributed by atoms with Gasteiger partial charge in [0.1, 0.15) is 0 Å². The molecular weight excluding hydrogens is 336 g/mol. The Hall–Kier alpha value is -2.64. The Kier molecular flexibility index (Phi) is 5.70. The molecule has 0 spiro atoms. The van der Waals surface area contributed by atoms with Crippen LogP contribution in [0.4, 0.5) is 0 Å². The number of furan rings is 1. The van der Waals surface area contributed by atoms with E-state index >= 15 is 0 Å². The van der Waals surface area contributed by atoms with E-state index in [4.69, 9.17) is 14.3 Å². The highest BCUT2D eigenvalue weighted by Crippen LogP contribution is 2.26. The van der Waals surface area contributed by atoms with Crippen LogP contribution in [0.1, 0.15) is 10.6 Å². The van der Waals surface area contributed by atoms with E-state index in [-0.39, 0.29) is 18.6 Å². The van der Waals surface area contributed by atoms with Gasteiger partial charge >= 0.3 is 5.97 Å². The Morgan fingerprint density at radius 3 is 2.77 bits per heavy atom. The van der Waals surface area contributed by atoms with E-state index in [1.165, 1.54) is 6.26 Å². The van der Waals surface area contributed by atoms with Gasteiger partial charge in [-0.25, -0.2) is 0 Å². The lowest BCUT2D eigenvalue weighted by Gasteiger charge is -2.34. The van der Waals surface area contributed by atoms with E-state index in [0.717, 1.165) is 11.1 Å². The van der Waals surface area contributed by atoms with Crippen LogP contribution in [-0.2, 0) is 9.53 Å². The average Bonchev–Trinajstić information content (AvgIpc) is 3.11. The normalized spacial score (nSPS) is 17.5. The van der Waals surface area contributed by atoms with Crippen molar-refractivity contribution in [1.82, 2.24) is 9.80 Å². The molecule has 26 heavy (non-hydrogen) atoms. The molecule has 7 heteroatoms. The van der Waals surface area contributed by atoms with Crippen molar-refractivity contribution in [2.45, 2.75) is 6.10 Å². The van der Waals surface area contributed by atoms with E-state index in [9.17, 15) is 9.59 Å². The van der Waals surface area contributed by atoms with Crippen LogP contribution in [0, 0.1) is 0 Å². The standard InChI is InChI=1S/C19H22N2O5/c1-20(13-17(22)23)11-15-12-21(8-10-25-15)19(24)18-16(7-9-26-18)14-5-3-2-4-6-14/h2-7,9,15H,8,10-13H2,1H3,(H,22,23). The largest absolute Gasteiger partial charge is 0.480 e. The zero-order chi connectivity index (χ0) is 18.5. The van der Waals surface area contributed by atoms with Gasteiger partial charge in [0.15, 0.2) is 5.76 Å². The number of hydrogen-bond donors (Lipinski definition) is 1. The molecule has 1 aliphatic heterocycles. The molecule has 1 amide bonds. The van der Waals surface area contributed by atoms with Gasteiger partial charge in [0.2, 0.25) is 0 Å². The van der Waals surface area contributed by atoms with Crippen LogP contribution in [-0.4, -0.2) is 72.7 Å². The van der Waals surface area contributed by atoms with Crippen molar-refractivity contribution in [3.05, 3.63) is 48.4 Å². The van der Waals surface area contributed by atoms with Crippen LogP contribution in [0.3, 0.4) is 0 Å². The zero-order valence-electron chi connectivity index (χ0n) is 14.6. The number of morpholine rings is 1. The Balaban J connectivity index is 1.69. The Morgan fingerprint density at radius 1 is 1.27 bits per heavy atom. The van der Waals surface area contributed by atoms with Crippen molar-refractivity contribution in [2.24, 2.45) is 0 Å². The molecule has 2 aromatic rings. The maximum atomic E-state index is 12.9. The fourth-order valence-electron chi connectivity index (χ4n) is 3.12. The van der Waals surface area contributed by atoms with Crippen molar-refractivity contribution in [3.8, 4) is 11.1 Å². The number of likely N-dealkylation sites (N-methyl/N-ethyl adjacent to an activating group) is 1. The summed E-state index contributed by atoms with van der Waals surface area (Å²) in [4.78, 5) is 27.1. The second-order valence-corrected chi connectivity index (χ2v) is 6.36. The topological polar surface area (TPSA) is 83.2 Å². The Morgan fingerprint density at radius 2 is 2.04 bits per heavy atom. The lowest BCUT2D eigenvalue weighted by atomic mass is 10.1. The van der Waals surface area contributed by atoms with Crippen LogP contribution in [0.5, 0.6) is 0 Å². The van der Waals surface area contributed by atoms with Crippen molar-refractivity contribution < 1.29 is 23.8 Å². The first-order valence-electron chi connectivity index (χ1n) is 8.48. The Labute approximate surface area is 151 Å². The highest BCUT2D eigenvalue weighted by Gasteiger charge is 2.29. The van der Waals surface area contributed by atoms with Crippen LogP contribution in [0.15, 0.2) is 47.1 Å². The summed E-state index contributed by atoms with van der Waals surface area (Å²) >= 11 is 0. The molecule has 1 aromatic heterocycles. The summed E-state index contributed by atoms with van der Waals surface area (Å²) in [7, 11) is 1.72. The molecule has 1 atom stereocenters. The molecule has 3 rings (SSSR count). The molecule has 138 valence electrons. The van der Waals surface area contributed by atoms with Gasteiger partial charge < -0.3 is 19.2 Å². The van der Waals surface area contributed by atoms with Gasteiger partial charge in [-0.1, -0.05) is 30.3 Å². The van der Waals surface area contributed by atoms with Crippen molar-refractivity contribution in [1.29, 1.82) is 0 Å². The van der Waals surface area contributed by atoms with Crippen molar-refractivity contribution >= 4 is 11.9 Å². The smallest absolute Gasteiger partial charge is 0.317 e. The molecule has 0 saturated carbocycles. The molecule has 1 saturated heterocycles. The molecule has 1 unspecified atom stereocenters. The summed E-state index contributed by atoms with van der Waals surface area (Å²) in [5.41, 5.74) is 1.69. The molecule has 7 nitrogen and oxygen atoms in total. The molecule has 1 N–H and O–H groups in total. The van der Waals surface area contributed by atoms with Gasteiger partial charge in [-0.2, -0.15) is 0 Å². The molecule has 0 aliphatic carbocycles. The molecule has 1 fully saturated rings. The lowest BCUT2D eigenvalue weighted by Crippen LogP contribution is -2.49. The number of rotatable bonds is 6. The van der Waals surface area contributed by atoms with Crippen molar-refractivity contribution in [2.75, 3.05) is 39.8 Å². The number of ether oxygens (including phenoxy) is 1. The van der Waals surface area contributed by atoms with Gasteiger partial charge in [-0.05, 0) is 18.7 Å². The molecule has 1 aromatic carbocycles. The summed E-state index contributed by atoms with van der Waals surface area (Å²) < 4.78 is 11.2. The number of hydrogen-bond acceptors (Lipinski definition) is 5. The maximum absolute atomic E-state index is 12.9. The average molecular weight is 358 g/mol. The lowest BCUT2D eigenvalue weighted by molar-refractivity contribution is -0.138. The third-order valence-corrected chi connectivity index (χ3v) is 4.29. The van der Waals surface area contributed by atoms with E-state index in [2.05, 4.69) is 0 Å². The highest BCUT2D eigenvalue weighted by atomic mass is 16.5. The number of carbonyl (C=O) groups is 2. The second kappa shape index (κ2) is 8.16. The summed E-state index contributed by atoms with van der Waals surface area (Å²) in [6.45, 7) is 1.67. The SMILES string of the molecule is CN(CC(=O)O)CC1CN(C(=O)c2occc2-c2ccccc2)CCO1. The zero-order valence-corrected chi connectivity index (χ0v) is 14.6. The first kappa shape index (κ1) is 18.2. The van der Waals surface area contributed by atoms with Gasteiger partial charge in [0.25, 0.3) is 5.91 Å². The van der Waals surface area contributed by atoms with Crippen LogP contribution >= 0.6 is 0 Å². The summed E-state index contributed by atoms with van der Waals surface area (Å²) in [6, 6.07) is 11.4. The number of benzene rings is 1. The molecule has 0 radical (unpaired) electrons. The molecular formula is C19H22N2O5. The van der Waals surface area contributed by atoms with Gasteiger partial charge in [0.05, 0.1) is 25.5 Å². The van der Waals surface area contributed by atoms with E-state index in [0.29, 0.717) is 32.0 Å². The van der Waals surface area contributed by atoms with Gasteiger partial charge in [0, 0.05) is 25.2 Å². The van der Waals surface area contributed by atoms with Gasteiger partial charge in [-0.15, -0.1) is 0 Å². The first-order chi connectivity index (χ1) is 12.5. The minimum Gasteiger partial charge on any atom is -0.480 e. The number of carboxylic acids is 1. The minimum absolute atomic E-state index is 0.0653. The van der Waals surface area contributed by atoms with Crippen LogP contribution < -0.4 is 0 Å². The van der Waals surface area contributed by atoms with Crippen molar-refractivity contribution in [3.63, 3.8) is 0 Å². The monoisotopic (exact) mass is 358 g/mol. The fraction of sp³-hybridized carbons (Fsp3) is 0.368. The highest BCUT2D eigenvalue weighted by molar-refractivity contribution is 5.98. The first-order valence-corrected chi connectivity index (χ1v) is 8.48. The number of aliphatic carboxylic acids is 1. The number of carboxylic acid groups (broad SMARTS) is 1. The summed E-state index contributed by atoms with van der Waals surface area (Å²) in [5.74, 6) is -0.752. The minimum atomic E-state index is -0.890. The quantitative estimate of drug-likeness (QED) is 0.848. The van der Waals surface area contributed by atoms with Crippen LogP contribution in [0.2, 0.25) is 0 Å². The predicted octanol–water partition coefficient (Wildman–Crippen LogP) is 1.80.